The smallest absolute Gasteiger partial charge is 0.194 e. The molecular weight excluding hydrogens is 1350 g/mol. The third-order valence-corrected chi connectivity index (χ3v) is 28.1. The maximum Gasteiger partial charge on any atom is 0.194 e. The first-order chi connectivity index (χ1) is 51.1. The van der Waals surface area contributed by atoms with E-state index in [2.05, 4.69) is 173 Å². The second-order valence-corrected chi connectivity index (χ2v) is 33.9. The molecule has 4 heterocycles. The van der Waals surface area contributed by atoms with Gasteiger partial charge in [0.25, 0.3) is 0 Å². The fourth-order valence-electron chi connectivity index (χ4n) is 17.7. The van der Waals surface area contributed by atoms with Gasteiger partial charge in [0.05, 0.1) is 10.8 Å². The van der Waals surface area contributed by atoms with E-state index in [1.165, 1.54) is 184 Å². The largest absolute Gasteiger partial charge is 0.289 e. The highest BCUT2D eigenvalue weighted by molar-refractivity contribution is 8.01. The van der Waals surface area contributed by atoms with E-state index in [0.29, 0.717) is 57.4 Å². The number of fused-ring (bicyclic) bond motifs is 12. The Bertz CT molecular complexity index is 4710. The van der Waals surface area contributed by atoms with Gasteiger partial charge in [0.2, 0.25) is 0 Å². The predicted octanol–water partition coefficient (Wildman–Crippen LogP) is 24.3. The first-order valence-corrected chi connectivity index (χ1v) is 41.5. The zero-order chi connectivity index (χ0) is 71.6. The summed E-state index contributed by atoms with van der Waals surface area (Å²) in [4.78, 5) is 36.9. The molecule has 15 rings (SSSR count). The number of carbonyl (C=O) groups excluding carboxylic acids is 2. The van der Waals surface area contributed by atoms with Gasteiger partial charge in [-0.3, -0.25) is 9.59 Å². The SMILES string of the molecule is CCCCCCc1ccc(C2(c3ccc(CCCCCC)cc3)c3cc4c(cc3-c3sc5c(c32)SC(/C=C2\C(=O)c3ccccc3C2=C(C#N)C#N)C5)C(c2ccc(CCCCCC)cc2)(c2ccc(CCCCCC)cc2)c2c-4sc3c2SC(/C=C2\C(=O)c4ccccc4C2=C(C#N)C#N)C3)cc1. The molecule has 0 fully saturated rings. The molecule has 2 unspecified atom stereocenters. The van der Waals surface area contributed by atoms with E-state index in [9.17, 15) is 30.6 Å². The molecular formula is C94H86N4O2S4. The van der Waals surface area contributed by atoms with Gasteiger partial charge in [0.15, 0.2) is 11.6 Å². The van der Waals surface area contributed by atoms with Gasteiger partial charge in [-0.2, -0.15) is 21.0 Å². The standard InChI is InChI=1S/C94H86N4O2S4/c1-5-9-13-17-25-59-33-41-65(42-34-59)93(66-43-35-60(36-44-66)26-18-14-10-6-2)79-53-76-80(54-75(79)89-85(93)91-81(103-89)51-69(101-91)49-77-83(63(55-95)56-96)71-29-21-23-31-73(71)87(77)99)94(67-45-37-61(38-46-67)27-19-15-11-7-3,68-47-39-62(40-48-68)28-20-16-12-8-4)86-90(76)104-82-52-70(102-92(82)86)50-78-84(64(57-97)58-98)72-30-22-24-32-74(72)88(78)100/h21-24,29-50,53-54,69-70H,5-20,25-28,51-52H2,1-4H3/b77-49-,78-50-. The molecule has 2 atom stereocenters. The summed E-state index contributed by atoms with van der Waals surface area (Å²) in [7, 11) is 0. The molecule has 0 saturated carbocycles. The number of thioether (sulfide) groups is 2. The lowest BCUT2D eigenvalue weighted by Gasteiger charge is -2.36. The molecule has 4 aliphatic carbocycles. The Kier molecular flexibility index (Phi) is 20.7. The Hall–Kier alpha value is -9.10. The minimum atomic E-state index is -0.793. The summed E-state index contributed by atoms with van der Waals surface area (Å²) < 4.78 is 0. The summed E-state index contributed by atoms with van der Waals surface area (Å²) >= 11 is 7.47. The molecule has 104 heavy (non-hydrogen) atoms. The molecule has 7 aromatic carbocycles. The van der Waals surface area contributed by atoms with Crippen molar-refractivity contribution in [2.75, 3.05) is 0 Å². The summed E-state index contributed by atoms with van der Waals surface area (Å²) in [6.45, 7) is 9.09. The minimum Gasteiger partial charge on any atom is -0.289 e. The van der Waals surface area contributed by atoms with Gasteiger partial charge in [-0.05, 0) is 154 Å². The van der Waals surface area contributed by atoms with Crippen LogP contribution >= 0.6 is 46.2 Å². The summed E-state index contributed by atoms with van der Waals surface area (Å²) in [5.41, 5.74) is 20.1. The molecule has 10 heteroatoms. The van der Waals surface area contributed by atoms with Crippen LogP contribution < -0.4 is 0 Å². The summed E-state index contributed by atoms with van der Waals surface area (Å²) in [5, 5.41) is 41.5. The van der Waals surface area contributed by atoms with Crippen LogP contribution in [0.25, 0.3) is 32.0 Å². The number of unbranched alkanes of at least 4 members (excludes halogenated alkanes) is 12. The number of carbonyl (C=O) groups is 2. The fourth-order valence-corrected chi connectivity index (χ4v) is 23.9. The average molecular weight is 1430 g/mol. The molecule has 9 aromatic rings. The van der Waals surface area contributed by atoms with Gasteiger partial charge in [-0.15, -0.1) is 46.2 Å². The van der Waals surface area contributed by atoms with Crippen LogP contribution in [0.2, 0.25) is 0 Å². The molecule has 0 radical (unpaired) electrons. The molecule has 0 N–H and O–H groups in total. The van der Waals surface area contributed by atoms with Crippen LogP contribution in [-0.2, 0) is 49.4 Å². The van der Waals surface area contributed by atoms with E-state index in [4.69, 9.17) is 0 Å². The third kappa shape index (κ3) is 12.3. The lowest BCUT2D eigenvalue weighted by molar-refractivity contribution is 0.103. The van der Waals surface area contributed by atoms with Crippen molar-refractivity contribution in [3.05, 3.63) is 291 Å². The van der Waals surface area contributed by atoms with E-state index in [1.807, 2.05) is 94.7 Å². The topological polar surface area (TPSA) is 129 Å². The molecule has 0 amide bonds. The Morgan fingerprint density at radius 1 is 0.394 bits per heavy atom. The number of nitrogens with zero attached hydrogens (tertiary/aromatic N) is 4. The van der Waals surface area contributed by atoms with Crippen LogP contribution in [0.4, 0.5) is 0 Å². The fraction of sp³-hybridized carbons (Fsp3) is 0.319. The molecule has 2 aromatic heterocycles. The Morgan fingerprint density at radius 3 is 0.981 bits per heavy atom. The third-order valence-electron chi connectivity index (χ3n) is 22.8. The van der Waals surface area contributed by atoms with Crippen LogP contribution in [0, 0.1) is 45.3 Å². The predicted molar refractivity (Wildman–Crippen MR) is 429 cm³/mol. The number of ketones is 2. The maximum atomic E-state index is 14.7. The Labute approximate surface area is 631 Å². The number of nitriles is 4. The monoisotopic (exact) mass is 1430 g/mol. The summed E-state index contributed by atoms with van der Waals surface area (Å²) in [6, 6.07) is 67.5. The van der Waals surface area contributed by atoms with E-state index in [1.54, 1.807) is 0 Å². The van der Waals surface area contributed by atoms with Crippen molar-refractivity contribution < 1.29 is 9.59 Å². The number of hydrogen-bond acceptors (Lipinski definition) is 10. The zero-order valence-electron chi connectivity index (χ0n) is 60.1. The van der Waals surface area contributed by atoms with Crippen molar-refractivity contribution >= 4 is 68.9 Å². The molecule has 0 spiro atoms. The van der Waals surface area contributed by atoms with Crippen molar-refractivity contribution in [3.63, 3.8) is 0 Å². The number of allylic oxidation sites excluding steroid dienone is 6. The van der Waals surface area contributed by atoms with Crippen molar-refractivity contribution in [1.82, 2.24) is 0 Å². The molecule has 518 valence electrons. The van der Waals surface area contributed by atoms with E-state index in [-0.39, 0.29) is 33.2 Å². The number of thiophene rings is 2. The van der Waals surface area contributed by atoms with Gasteiger partial charge in [0, 0.05) is 84.3 Å². The van der Waals surface area contributed by atoms with Gasteiger partial charge >= 0.3 is 0 Å². The summed E-state index contributed by atoms with van der Waals surface area (Å²) in [5.74, 6) is -0.300. The molecule has 2 aliphatic heterocycles. The highest BCUT2D eigenvalue weighted by Crippen LogP contribution is 2.70. The first kappa shape index (κ1) is 70.6. The van der Waals surface area contributed by atoms with Crippen LogP contribution in [0.1, 0.15) is 239 Å². The Balaban J connectivity index is 0.970. The Morgan fingerprint density at radius 2 is 0.692 bits per heavy atom. The molecule has 0 saturated heterocycles. The number of benzene rings is 7. The van der Waals surface area contributed by atoms with Gasteiger partial charge in [-0.1, -0.05) is 262 Å². The van der Waals surface area contributed by atoms with Crippen LogP contribution in [-0.4, -0.2) is 22.1 Å². The lowest BCUT2D eigenvalue weighted by Crippen LogP contribution is -2.30. The first-order valence-electron chi connectivity index (χ1n) is 38.1. The lowest BCUT2D eigenvalue weighted by atomic mass is 9.65. The van der Waals surface area contributed by atoms with Crippen LogP contribution in [0.15, 0.2) is 202 Å². The van der Waals surface area contributed by atoms with Crippen molar-refractivity contribution in [2.24, 2.45) is 0 Å². The number of hydrogen-bond donors (Lipinski definition) is 0. The minimum absolute atomic E-state index is 0.0500. The van der Waals surface area contributed by atoms with E-state index in [0.717, 1.165) is 51.4 Å². The zero-order valence-corrected chi connectivity index (χ0v) is 63.4. The van der Waals surface area contributed by atoms with Crippen molar-refractivity contribution in [3.8, 4) is 45.2 Å². The second-order valence-electron chi connectivity index (χ2n) is 29.2. The maximum absolute atomic E-state index is 14.7. The van der Waals surface area contributed by atoms with E-state index < -0.39 is 10.8 Å². The molecule has 6 nitrogen and oxygen atoms in total. The number of rotatable bonds is 26. The van der Waals surface area contributed by atoms with Crippen LogP contribution in [0.5, 0.6) is 0 Å². The summed E-state index contributed by atoms with van der Waals surface area (Å²) in [6.07, 6.45) is 28.5. The quantitative estimate of drug-likeness (QED) is 0.0298. The second kappa shape index (κ2) is 30.5. The van der Waals surface area contributed by atoms with Gasteiger partial charge < -0.3 is 0 Å². The number of Topliss-reactive ketones (excluding diaryl/α,β-unsaturated/α-hetero) is 2. The van der Waals surface area contributed by atoms with Gasteiger partial charge in [0.1, 0.15) is 35.4 Å². The molecule has 6 aliphatic rings. The highest BCUT2D eigenvalue weighted by Gasteiger charge is 2.56. The van der Waals surface area contributed by atoms with Crippen molar-refractivity contribution in [1.29, 1.82) is 21.0 Å². The normalized spacial score (nSPS) is 17.2. The van der Waals surface area contributed by atoms with Gasteiger partial charge in [-0.25, -0.2) is 0 Å². The molecule has 0 bridgehead atoms. The average Bonchev–Trinajstić information content (AvgIpc) is 1.50. The highest BCUT2D eigenvalue weighted by atomic mass is 32.2. The van der Waals surface area contributed by atoms with Crippen molar-refractivity contribution in [2.45, 2.75) is 200 Å². The van der Waals surface area contributed by atoms with E-state index >= 15 is 0 Å². The number of aryl methyl sites for hydroxylation is 4. The van der Waals surface area contributed by atoms with Crippen LogP contribution in [0.3, 0.4) is 0 Å².